The van der Waals surface area contributed by atoms with Crippen LogP contribution in [0, 0.1) is 5.92 Å². The predicted octanol–water partition coefficient (Wildman–Crippen LogP) is 3.61. The molecule has 1 amide bonds. The van der Waals surface area contributed by atoms with Gasteiger partial charge in [-0.2, -0.15) is 0 Å². The van der Waals surface area contributed by atoms with Gasteiger partial charge in [0.05, 0.1) is 7.11 Å². The minimum absolute atomic E-state index is 0.0796. The van der Waals surface area contributed by atoms with Crippen LogP contribution in [0.2, 0.25) is 0 Å². The summed E-state index contributed by atoms with van der Waals surface area (Å²) in [6.07, 6.45) is 2.56. The van der Waals surface area contributed by atoms with E-state index >= 15 is 0 Å². The fourth-order valence-electron chi connectivity index (χ4n) is 3.42. The highest BCUT2D eigenvalue weighted by Crippen LogP contribution is 2.26. The van der Waals surface area contributed by atoms with Crippen molar-refractivity contribution >= 4 is 11.6 Å². The quantitative estimate of drug-likeness (QED) is 0.875. The lowest BCUT2D eigenvalue weighted by Gasteiger charge is -2.27. The Kier molecular flexibility index (Phi) is 5.71. The third kappa shape index (κ3) is 4.60. The molecule has 2 aromatic carbocycles. The third-order valence-electron chi connectivity index (χ3n) is 4.78. The molecule has 0 radical (unpaired) electrons. The van der Waals surface area contributed by atoms with Crippen molar-refractivity contribution in [3.63, 3.8) is 0 Å². The first kappa shape index (κ1) is 17.5. The molecule has 2 aromatic rings. The smallest absolute Gasteiger partial charge is 0.227 e. The van der Waals surface area contributed by atoms with Crippen LogP contribution in [0.4, 0.5) is 5.69 Å². The molecule has 4 heteroatoms. The van der Waals surface area contributed by atoms with Crippen molar-refractivity contribution < 1.29 is 9.53 Å². The monoisotopic (exact) mass is 338 g/mol. The van der Waals surface area contributed by atoms with Crippen molar-refractivity contribution in [1.29, 1.82) is 0 Å². The Morgan fingerprint density at radius 2 is 2.04 bits per heavy atom. The molecule has 2 atom stereocenters. The van der Waals surface area contributed by atoms with Gasteiger partial charge < -0.3 is 15.4 Å². The lowest BCUT2D eigenvalue weighted by molar-refractivity contribution is -0.120. The maximum atomic E-state index is 12.6. The molecule has 0 saturated carbocycles. The summed E-state index contributed by atoms with van der Waals surface area (Å²) in [5, 5.41) is 6.47. The van der Waals surface area contributed by atoms with E-state index in [1.807, 2.05) is 36.4 Å². The molecule has 0 aliphatic carbocycles. The Bertz CT molecular complexity index is 715. The molecule has 4 nitrogen and oxygen atoms in total. The number of carbonyl (C=O) groups is 1. The molecule has 1 heterocycles. The van der Waals surface area contributed by atoms with Crippen LogP contribution in [-0.4, -0.2) is 25.6 Å². The second kappa shape index (κ2) is 8.17. The Labute approximate surface area is 149 Å². The van der Waals surface area contributed by atoms with E-state index in [1.165, 1.54) is 5.56 Å². The summed E-state index contributed by atoms with van der Waals surface area (Å²) in [4.78, 5) is 12.6. The number of methoxy groups -OCH3 is 1. The van der Waals surface area contributed by atoms with Gasteiger partial charge in [-0.05, 0) is 50.1 Å². The molecule has 25 heavy (non-hydrogen) atoms. The molecule has 1 saturated heterocycles. The fourth-order valence-corrected chi connectivity index (χ4v) is 3.42. The van der Waals surface area contributed by atoms with Gasteiger partial charge in [0, 0.05) is 29.6 Å². The van der Waals surface area contributed by atoms with Crippen LogP contribution >= 0.6 is 0 Å². The van der Waals surface area contributed by atoms with Crippen molar-refractivity contribution in [2.24, 2.45) is 5.92 Å². The van der Waals surface area contributed by atoms with Gasteiger partial charge in [0.25, 0.3) is 0 Å². The molecule has 3 rings (SSSR count). The van der Waals surface area contributed by atoms with E-state index in [-0.39, 0.29) is 11.8 Å². The first-order valence-corrected chi connectivity index (χ1v) is 8.91. The van der Waals surface area contributed by atoms with Gasteiger partial charge in [0.15, 0.2) is 0 Å². The van der Waals surface area contributed by atoms with Crippen LogP contribution in [0.3, 0.4) is 0 Å². The average Bonchev–Trinajstić information content (AvgIpc) is 2.63. The van der Waals surface area contributed by atoms with Crippen molar-refractivity contribution in [1.82, 2.24) is 5.32 Å². The van der Waals surface area contributed by atoms with Crippen LogP contribution < -0.4 is 15.4 Å². The maximum Gasteiger partial charge on any atom is 0.227 e. The van der Waals surface area contributed by atoms with E-state index in [1.54, 1.807) is 7.11 Å². The summed E-state index contributed by atoms with van der Waals surface area (Å²) < 4.78 is 5.49. The molecule has 132 valence electrons. The number of carbonyl (C=O) groups excluding carboxylic acids is 1. The van der Waals surface area contributed by atoms with Crippen LogP contribution in [0.25, 0.3) is 0 Å². The third-order valence-corrected chi connectivity index (χ3v) is 4.78. The van der Waals surface area contributed by atoms with Gasteiger partial charge in [0.1, 0.15) is 5.75 Å². The van der Waals surface area contributed by atoms with Crippen molar-refractivity contribution in [2.45, 2.75) is 32.2 Å². The SMILES string of the molecule is COc1ccc(NC(=O)[C@H]2CCN[C@@H](C)C2)cc1Cc1ccccc1. The lowest BCUT2D eigenvalue weighted by Crippen LogP contribution is -2.40. The Hall–Kier alpha value is -2.33. The molecule has 2 N–H and O–H groups in total. The molecular weight excluding hydrogens is 312 g/mol. The molecule has 0 spiro atoms. The zero-order chi connectivity index (χ0) is 17.6. The number of nitrogens with one attached hydrogen (secondary N) is 2. The van der Waals surface area contributed by atoms with E-state index < -0.39 is 0 Å². The van der Waals surface area contributed by atoms with Crippen LogP contribution in [-0.2, 0) is 11.2 Å². The summed E-state index contributed by atoms with van der Waals surface area (Å²) in [7, 11) is 1.68. The number of hydrogen-bond donors (Lipinski definition) is 2. The fraction of sp³-hybridized carbons (Fsp3) is 0.381. The minimum atomic E-state index is 0.0796. The van der Waals surface area contributed by atoms with Crippen molar-refractivity contribution in [2.75, 3.05) is 19.0 Å². The largest absolute Gasteiger partial charge is 0.496 e. The zero-order valence-corrected chi connectivity index (χ0v) is 14.9. The van der Waals surface area contributed by atoms with Gasteiger partial charge >= 0.3 is 0 Å². The maximum absolute atomic E-state index is 12.6. The zero-order valence-electron chi connectivity index (χ0n) is 14.9. The number of amides is 1. The second-order valence-corrected chi connectivity index (χ2v) is 6.75. The predicted molar refractivity (Wildman–Crippen MR) is 101 cm³/mol. The first-order valence-electron chi connectivity index (χ1n) is 8.91. The number of piperidine rings is 1. The van der Waals surface area contributed by atoms with Crippen LogP contribution in [0.5, 0.6) is 5.75 Å². The summed E-state index contributed by atoms with van der Waals surface area (Å²) in [6.45, 7) is 3.03. The number of rotatable bonds is 5. The van der Waals surface area contributed by atoms with Gasteiger partial charge in [-0.1, -0.05) is 30.3 Å². The summed E-state index contributed by atoms with van der Waals surface area (Å²) in [6, 6.07) is 16.5. The molecule has 1 aliphatic rings. The number of benzene rings is 2. The van der Waals surface area contributed by atoms with Crippen molar-refractivity contribution in [3.05, 3.63) is 59.7 Å². The highest BCUT2D eigenvalue weighted by Gasteiger charge is 2.24. The van der Waals surface area contributed by atoms with E-state index in [0.29, 0.717) is 6.04 Å². The number of hydrogen-bond acceptors (Lipinski definition) is 3. The van der Waals surface area contributed by atoms with Gasteiger partial charge in [-0.25, -0.2) is 0 Å². The Balaban J connectivity index is 1.73. The molecule has 0 aromatic heterocycles. The summed E-state index contributed by atoms with van der Waals surface area (Å²) in [5.74, 6) is 1.04. The second-order valence-electron chi connectivity index (χ2n) is 6.75. The van der Waals surface area contributed by atoms with Crippen LogP contribution in [0.1, 0.15) is 30.9 Å². The van der Waals surface area contributed by atoms with Crippen molar-refractivity contribution in [3.8, 4) is 5.75 Å². The molecule has 1 fully saturated rings. The van der Waals surface area contributed by atoms with E-state index in [9.17, 15) is 4.79 Å². The lowest BCUT2D eigenvalue weighted by atomic mass is 9.92. The average molecular weight is 338 g/mol. The topological polar surface area (TPSA) is 50.4 Å². The van der Waals surface area contributed by atoms with Crippen LogP contribution in [0.15, 0.2) is 48.5 Å². The molecule has 1 aliphatic heterocycles. The highest BCUT2D eigenvalue weighted by molar-refractivity contribution is 5.92. The van der Waals surface area contributed by atoms with E-state index in [0.717, 1.165) is 42.8 Å². The summed E-state index contributed by atoms with van der Waals surface area (Å²) >= 11 is 0. The Morgan fingerprint density at radius 1 is 1.24 bits per heavy atom. The molecule has 0 bridgehead atoms. The number of anilines is 1. The van der Waals surface area contributed by atoms with Gasteiger partial charge in [-0.15, -0.1) is 0 Å². The normalized spacial score (nSPS) is 20.1. The standard InChI is InChI=1S/C21H26N2O2/c1-15-12-17(10-11-22-15)21(24)23-19-8-9-20(25-2)18(14-19)13-16-6-4-3-5-7-16/h3-9,14-15,17,22H,10-13H2,1-2H3,(H,23,24)/t15-,17-/m0/s1. The summed E-state index contributed by atoms with van der Waals surface area (Å²) in [5.41, 5.74) is 3.13. The minimum Gasteiger partial charge on any atom is -0.496 e. The van der Waals surface area contributed by atoms with E-state index in [2.05, 4.69) is 29.7 Å². The van der Waals surface area contributed by atoms with Gasteiger partial charge in [0.2, 0.25) is 5.91 Å². The Morgan fingerprint density at radius 3 is 2.76 bits per heavy atom. The van der Waals surface area contributed by atoms with Gasteiger partial charge in [-0.3, -0.25) is 4.79 Å². The molecular formula is C21H26N2O2. The van der Waals surface area contributed by atoms with E-state index in [4.69, 9.17) is 4.74 Å². The highest BCUT2D eigenvalue weighted by atomic mass is 16.5. The number of ether oxygens (including phenoxy) is 1. The molecule has 0 unspecified atom stereocenters. The first-order chi connectivity index (χ1) is 12.2.